The summed E-state index contributed by atoms with van der Waals surface area (Å²) in [5.74, 6) is 1.53. The largest absolute Gasteiger partial charge is 0.471 e. The van der Waals surface area contributed by atoms with Crippen LogP contribution in [-0.4, -0.2) is 48.1 Å². The molecule has 0 aromatic carbocycles. The first kappa shape index (κ1) is 14.3. The summed E-state index contributed by atoms with van der Waals surface area (Å²) in [5.41, 5.74) is -0.720. The second-order valence-corrected chi connectivity index (χ2v) is 6.83. The van der Waals surface area contributed by atoms with E-state index in [2.05, 4.69) is 38.5 Å². The average Bonchev–Trinajstić information content (AvgIpc) is 2.44. The molecule has 2 fully saturated rings. The van der Waals surface area contributed by atoms with Crippen molar-refractivity contribution in [1.82, 2.24) is 4.98 Å². The molecular formula is C14H19IN2O3. The lowest BCUT2D eigenvalue weighted by Gasteiger charge is -2.41. The number of rotatable bonds is 3. The fourth-order valence-corrected chi connectivity index (χ4v) is 3.03. The van der Waals surface area contributed by atoms with Crippen molar-refractivity contribution in [3.8, 4) is 5.88 Å². The number of ether oxygens (including phenoxy) is 2. The lowest BCUT2D eigenvalue weighted by molar-refractivity contribution is -0.119. The predicted octanol–water partition coefficient (Wildman–Crippen LogP) is 1.81. The molecule has 1 aromatic heterocycles. The van der Waals surface area contributed by atoms with Gasteiger partial charge < -0.3 is 19.5 Å². The summed E-state index contributed by atoms with van der Waals surface area (Å²) in [4.78, 5) is 6.78. The monoisotopic (exact) mass is 390 g/mol. The first-order valence-electron chi connectivity index (χ1n) is 6.94. The van der Waals surface area contributed by atoms with Gasteiger partial charge in [-0.25, -0.2) is 0 Å². The second kappa shape index (κ2) is 5.65. The average molecular weight is 390 g/mol. The zero-order valence-corrected chi connectivity index (χ0v) is 13.7. The van der Waals surface area contributed by atoms with Crippen LogP contribution >= 0.6 is 22.6 Å². The molecule has 2 aliphatic rings. The molecule has 1 saturated carbocycles. The summed E-state index contributed by atoms with van der Waals surface area (Å²) in [6.07, 6.45) is 1.52. The Morgan fingerprint density at radius 1 is 1.45 bits per heavy atom. The van der Waals surface area contributed by atoms with Gasteiger partial charge in [-0.2, -0.15) is 4.98 Å². The first-order chi connectivity index (χ1) is 9.54. The third-order valence-electron chi connectivity index (χ3n) is 3.96. The number of nitrogens with zero attached hydrogens (tertiary/aromatic N) is 2. The number of pyridine rings is 1. The summed E-state index contributed by atoms with van der Waals surface area (Å²) < 4.78 is 12.3. The third kappa shape index (κ3) is 3.01. The Morgan fingerprint density at radius 2 is 2.20 bits per heavy atom. The maximum absolute atomic E-state index is 10.0. The number of aromatic nitrogens is 1. The van der Waals surface area contributed by atoms with Gasteiger partial charge in [0.15, 0.2) is 0 Å². The van der Waals surface area contributed by atoms with Crippen LogP contribution in [0.25, 0.3) is 0 Å². The Labute approximate surface area is 132 Å². The van der Waals surface area contributed by atoms with Crippen LogP contribution < -0.4 is 9.64 Å². The molecule has 110 valence electrons. The van der Waals surface area contributed by atoms with Gasteiger partial charge in [-0.15, -0.1) is 0 Å². The van der Waals surface area contributed by atoms with Crippen molar-refractivity contribution in [2.75, 3.05) is 31.2 Å². The van der Waals surface area contributed by atoms with Crippen LogP contribution in [0.3, 0.4) is 0 Å². The highest BCUT2D eigenvalue weighted by Gasteiger charge is 2.43. The van der Waals surface area contributed by atoms with E-state index in [0.29, 0.717) is 5.88 Å². The molecule has 2 atom stereocenters. The SMILES string of the molecule is CC1(O)CCC1Oc1cc(I)cc(N2CCOCC2)n1. The molecule has 3 rings (SSSR count). The zero-order valence-electron chi connectivity index (χ0n) is 11.5. The number of halogens is 1. The third-order valence-corrected chi connectivity index (χ3v) is 4.58. The Hall–Kier alpha value is -0.600. The van der Waals surface area contributed by atoms with Gasteiger partial charge in [0.05, 0.1) is 18.8 Å². The van der Waals surface area contributed by atoms with Crippen LogP contribution in [-0.2, 0) is 4.74 Å². The number of anilines is 1. The van der Waals surface area contributed by atoms with E-state index >= 15 is 0 Å². The van der Waals surface area contributed by atoms with E-state index in [0.717, 1.165) is 48.5 Å². The lowest BCUT2D eigenvalue weighted by Crippen LogP contribution is -2.52. The standard InChI is InChI=1S/C14H19IN2O3/c1-14(18)3-2-11(14)20-13-9-10(15)8-12(16-13)17-4-6-19-7-5-17/h8-9,11,18H,2-7H2,1H3. The molecule has 1 aliphatic carbocycles. The quantitative estimate of drug-likeness (QED) is 0.799. The normalized spacial score (nSPS) is 29.9. The van der Waals surface area contributed by atoms with Gasteiger partial charge in [0.2, 0.25) is 5.88 Å². The first-order valence-corrected chi connectivity index (χ1v) is 8.02. The number of hydrogen-bond acceptors (Lipinski definition) is 5. The van der Waals surface area contributed by atoms with Crippen LogP contribution in [0.4, 0.5) is 5.82 Å². The number of hydrogen-bond donors (Lipinski definition) is 1. The Bertz CT molecular complexity index is 489. The van der Waals surface area contributed by atoms with Crippen molar-refractivity contribution in [3.05, 3.63) is 15.7 Å². The van der Waals surface area contributed by atoms with Crippen molar-refractivity contribution in [1.29, 1.82) is 0 Å². The van der Waals surface area contributed by atoms with Crippen LogP contribution in [0.1, 0.15) is 19.8 Å². The van der Waals surface area contributed by atoms with Gasteiger partial charge in [0.1, 0.15) is 11.9 Å². The second-order valence-electron chi connectivity index (χ2n) is 5.58. The minimum absolute atomic E-state index is 0.147. The molecule has 0 amide bonds. The van der Waals surface area contributed by atoms with Gasteiger partial charge in [0, 0.05) is 22.7 Å². The highest BCUT2D eigenvalue weighted by molar-refractivity contribution is 14.1. The van der Waals surface area contributed by atoms with Crippen LogP contribution in [0, 0.1) is 3.57 Å². The fourth-order valence-electron chi connectivity index (χ4n) is 2.49. The van der Waals surface area contributed by atoms with E-state index in [1.54, 1.807) is 0 Å². The number of aliphatic hydroxyl groups is 1. The summed E-state index contributed by atoms with van der Waals surface area (Å²) in [6.45, 7) is 5.00. The molecule has 20 heavy (non-hydrogen) atoms. The van der Waals surface area contributed by atoms with E-state index in [-0.39, 0.29) is 6.10 Å². The Balaban J connectivity index is 1.76. The zero-order chi connectivity index (χ0) is 14.2. The molecule has 0 spiro atoms. The topological polar surface area (TPSA) is 54.8 Å². The van der Waals surface area contributed by atoms with Crippen molar-refractivity contribution in [3.63, 3.8) is 0 Å². The smallest absolute Gasteiger partial charge is 0.216 e. The molecular weight excluding hydrogens is 371 g/mol. The highest BCUT2D eigenvalue weighted by Crippen LogP contribution is 2.35. The lowest BCUT2D eigenvalue weighted by atomic mass is 9.79. The Kier molecular flexibility index (Phi) is 4.05. The van der Waals surface area contributed by atoms with Crippen molar-refractivity contribution < 1.29 is 14.6 Å². The summed E-state index contributed by atoms with van der Waals surface area (Å²) in [6, 6.07) is 3.97. The van der Waals surface area contributed by atoms with Crippen LogP contribution in [0.15, 0.2) is 12.1 Å². The molecule has 1 aliphatic heterocycles. The van der Waals surface area contributed by atoms with Gasteiger partial charge in [-0.1, -0.05) is 0 Å². The molecule has 1 saturated heterocycles. The molecule has 0 bridgehead atoms. The van der Waals surface area contributed by atoms with Gasteiger partial charge >= 0.3 is 0 Å². The van der Waals surface area contributed by atoms with E-state index in [1.165, 1.54) is 0 Å². The summed E-state index contributed by atoms with van der Waals surface area (Å²) in [7, 11) is 0. The van der Waals surface area contributed by atoms with Gasteiger partial charge in [0.25, 0.3) is 0 Å². The van der Waals surface area contributed by atoms with E-state index < -0.39 is 5.60 Å². The maximum atomic E-state index is 10.0. The molecule has 0 radical (unpaired) electrons. The summed E-state index contributed by atoms with van der Waals surface area (Å²) >= 11 is 2.27. The molecule has 2 heterocycles. The van der Waals surface area contributed by atoms with Gasteiger partial charge in [-0.05, 0) is 48.4 Å². The minimum atomic E-state index is -0.720. The maximum Gasteiger partial charge on any atom is 0.216 e. The molecule has 5 nitrogen and oxygen atoms in total. The molecule has 1 aromatic rings. The van der Waals surface area contributed by atoms with Crippen molar-refractivity contribution in [2.24, 2.45) is 0 Å². The van der Waals surface area contributed by atoms with Crippen molar-refractivity contribution in [2.45, 2.75) is 31.5 Å². The predicted molar refractivity (Wildman–Crippen MR) is 84.3 cm³/mol. The van der Waals surface area contributed by atoms with E-state index in [9.17, 15) is 5.11 Å². The fraction of sp³-hybridized carbons (Fsp3) is 0.643. The number of morpholine rings is 1. The minimum Gasteiger partial charge on any atom is -0.471 e. The molecule has 1 N–H and O–H groups in total. The van der Waals surface area contributed by atoms with Crippen LogP contribution in [0.5, 0.6) is 5.88 Å². The van der Waals surface area contributed by atoms with Crippen molar-refractivity contribution >= 4 is 28.4 Å². The van der Waals surface area contributed by atoms with Gasteiger partial charge in [-0.3, -0.25) is 0 Å². The summed E-state index contributed by atoms with van der Waals surface area (Å²) in [5, 5.41) is 10.0. The van der Waals surface area contributed by atoms with E-state index in [1.807, 2.05) is 13.0 Å². The van der Waals surface area contributed by atoms with E-state index in [4.69, 9.17) is 9.47 Å². The highest BCUT2D eigenvalue weighted by atomic mass is 127. The molecule has 2 unspecified atom stereocenters. The Morgan fingerprint density at radius 3 is 2.80 bits per heavy atom. The van der Waals surface area contributed by atoms with Crippen LogP contribution in [0.2, 0.25) is 0 Å². The molecule has 6 heteroatoms.